The summed E-state index contributed by atoms with van der Waals surface area (Å²) in [6.07, 6.45) is 5.63. The first-order valence-corrected chi connectivity index (χ1v) is 19.0. The van der Waals surface area contributed by atoms with Crippen molar-refractivity contribution in [1.29, 1.82) is 0 Å². The number of rotatable bonds is 4. The molecule has 11 rings (SSSR count). The maximum atomic E-state index is 5.43. The van der Waals surface area contributed by atoms with Gasteiger partial charge in [0.15, 0.2) is 0 Å². The van der Waals surface area contributed by atoms with Crippen molar-refractivity contribution in [2.75, 3.05) is 0 Å². The molecule has 10 aromatic rings. The number of para-hydroxylation sites is 1. The minimum Gasteiger partial charge on any atom is -0.278 e. The standard InChI is InChI=1S/C49H33N3S/c1-49(40-19-11-18-37-36-16-8-10-21-44(36)53-47(37)40)29-28-42-39(30-49)45-35-15-6-5-14-33(35)26-27-43(45)52(42)48-50-41-20-9-7-17-38(41)46(51-48)34-24-22-32(23-25-34)31-12-3-2-4-13-31/h2-29H,30H2,1H3. The van der Waals surface area contributed by atoms with Gasteiger partial charge < -0.3 is 0 Å². The molecule has 0 saturated heterocycles. The summed E-state index contributed by atoms with van der Waals surface area (Å²) in [7, 11) is 0. The van der Waals surface area contributed by atoms with Crippen LogP contribution in [0.1, 0.15) is 23.7 Å². The van der Waals surface area contributed by atoms with E-state index in [0.717, 1.165) is 39.8 Å². The number of thiophene rings is 1. The molecule has 53 heavy (non-hydrogen) atoms. The lowest BCUT2D eigenvalue weighted by molar-refractivity contribution is 0.594. The van der Waals surface area contributed by atoms with Gasteiger partial charge in [0.05, 0.1) is 22.4 Å². The van der Waals surface area contributed by atoms with E-state index in [1.54, 1.807) is 0 Å². The molecule has 0 radical (unpaired) electrons. The van der Waals surface area contributed by atoms with Gasteiger partial charge in [-0.1, -0.05) is 153 Å². The van der Waals surface area contributed by atoms with E-state index in [0.29, 0.717) is 5.95 Å². The molecule has 0 N–H and O–H groups in total. The van der Waals surface area contributed by atoms with Crippen LogP contribution in [0, 0.1) is 0 Å². The highest BCUT2D eigenvalue weighted by Gasteiger charge is 2.34. The molecule has 0 bridgehead atoms. The second-order valence-electron chi connectivity index (χ2n) is 14.4. The first-order chi connectivity index (χ1) is 26.1. The van der Waals surface area contributed by atoms with E-state index in [4.69, 9.17) is 9.97 Å². The van der Waals surface area contributed by atoms with Crippen molar-refractivity contribution < 1.29 is 0 Å². The Morgan fingerprint density at radius 3 is 2.15 bits per heavy atom. The van der Waals surface area contributed by atoms with Crippen LogP contribution in [0.4, 0.5) is 0 Å². The van der Waals surface area contributed by atoms with E-state index in [-0.39, 0.29) is 5.41 Å². The Kier molecular flexibility index (Phi) is 6.61. The zero-order chi connectivity index (χ0) is 35.1. The van der Waals surface area contributed by atoms with Gasteiger partial charge in [-0.2, -0.15) is 0 Å². The van der Waals surface area contributed by atoms with Gasteiger partial charge in [-0.15, -0.1) is 11.3 Å². The summed E-state index contributed by atoms with van der Waals surface area (Å²) in [4.78, 5) is 10.7. The van der Waals surface area contributed by atoms with Crippen molar-refractivity contribution in [3.05, 3.63) is 181 Å². The van der Waals surface area contributed by atoms with E-state index in [2.05, 4.69) is 181 Å². The Morgan fingerprint density at radius 2 is 1.28 bits per heavy atom. The highest BCUT2D eigenvalue weighted by molar-refractivity contribution is 7.26. The molecule has 1 aliphatic carbocycles. The lowest BCUT2D eigenvalue weighted by Crippen LogP contribution is -2.25. The molecular weight excluding hydrogens is 663 g/mol. The normalized spacial score (nSPS) is 15.6. The van der Waals surface area contributed by atoms with E-state index < -0.39 is 0 Å². The van der Waals surface area contributed by atoms with Crippen LogP contribution in [0.3, 0.4) is 0 Å². The zero-order valence-electron chi connectivity index (χ0n) is 29.1. The number of hydrogen-bond acceptors (Lipinski definition) is 3. The molecule has 1 aliphatic rings. The van der Waals surface area contributed by atoms with Gasteiger partial charge in [-0.25, -0.2) is 9.97 Å². The quantitative estimate of drug-likeness (QED) is 0.183. The molecule has 3 heterocycles. The average Bonchev–Trinajstić information content (AvgIpc) is 3.76. The van der Waals surface area contributed by atoms with Gasteiger partial charge in [0.25, 0.3) is 0 Å². The maximum absolute atomic E-state index is 5.43. The highest BCUT2D eigenvalue weighted by atomic mass is 32.1. The third-order valence-electron chi connectivity index (χ3n) is 11.2. The number of benzene rings is 7. The predicted molar refractivity (Wildman–Crippen MR) is 224 cm³/mol. The van der Waals surface area contributed by atoms with Crippen molar-refractivity contribution in [3.63, 3.8) is 0 Å². The number of aromatic nitrogens is 3. The molecule has 3 aromatic heterocycles. The highest BCUT2D eigenvalue weighted by Crippen LogP contribution is 2.47. The van der Waals surface area contributed by atoms with Crippen LogP contribution >= 0.6 is 11.3 Å². The Bertz CT molecular complexity index is 3100. The molecule has 3 nitrogen and oxygen atoms in total. The fourth-order valence-electron chi connectivity index (χ4n) is 8.63. The second kappa shape index (κ2) is 11.6. The summed E-state index contributed by atoms with van der Waals surface area (Å²) in [5, 5.41) is 7.49. The van der Waals surface area contributed by atoms with Crippen LogP contribution < -0.4 is 0 Å². The fraction of sp³-hybridized carbons (Fsp3) is 0.0612. The van der Waals surface area contributed by atoms with Crippen molar-refractivity contribution in [2.24, 2.45) is 0 Å². The number of hydrogen-bond donors (Lipinski definition) is 0. The molecule has 1 atom stereocenters. The molecule has 0 saturated carbocycles. The molecule has 0 spiro atoms. The van der Waals surface area contributed by atoms with Crippen LogP contribution in [0.25, 0.3) is 87.2 Å². The predicted octanol–water partition coefficient (Wildman–Crippen LogP) is 13.0. The van der Waals surface area contributed by atoms with Crippen LogP contribution in [-0.4, -0.2) is 14.5 Å². The van der Waals surface area contributed by atoms with Gasteiger partial charge in [0.1, 0.15) is 0 Å². The van der Waals surface area contributed by atoms with E-state index >= 15 is 0 Å². The molecular formula is C49H33N3S. The summed E-state index contributed by atoms with van der Waals surface area (Å²) in [5.74, 6) is 0.687. The Labute approximate surface area is 311 Å². The second-order valence-corrected chi connectivity index (χ2v) is 15.5. The fourth-order valence-corrected chi connectivity index (χ4v) is 9.99. The molecule has 1 unspecified atom stereocenters. The minimum atomic E-state index is -0.209. The van der Waals surface area contributed by atoms with Gasteiger partial charge >= 0.3 is 0 Å². The van der Waals surface area contributed by atoms with E-state index in [1.165, 1.54) is 58.6 Å². The lowest BCUT2D eigenvalue weighted by Gasteiger charge is -2.31. The monoisotopic (exact) mass is 695 g/mol. The largest absolute Gasteiger partial charge is 0.278 e. The SMILES string of the molecule is CC1(c2cccc3c2sc2ccccc23)C=Cc2c(c3c4ccccc4ccc3n2-c2nc(-c3ccc(-c4ccccc4)cc3)c3ccccc3n2)C1. The third-order valence-corrected chi connectivity index (χ3v) is 12.4. The van der Waals surface area contributed by atoms with E-state index in [1.807, 2.05) is 11.3 Å². The number of allylic oxidation sites excluding steroid dienone is 1. The Balaban J connectivity index is 1.13. The van der Waals surface area contributed by atoms with Crippen molar-refractivity contribution >= 4 is 70.2 Å². The van der Waals surface area contributed by atoms with Crippen LogP contribution in [-0.2, 0) is 11.8 Å². The molecule has 250 valence electrons. The lowest BCUT2D eigenvalue weighted by atomic mass is 9.73. The van der Waals surface area contributed by atoms with Gasteiger partial charge in [-0.05, 0) is 63.7 Å². The number of fused-ring (bicyclic) bond motifs is 9. The van der Waals surface area contributed by atoms with Crippen molar-refractivity contribution in [3.8, 4) is 28.3 Å². The van der Waals surface area contributed by atoms with Crippen LogP contribution in [0.15, 0.2) is 164 Å². The molecule has 7 aromatic carbocycles. The topological polar surface area (TPSA) is 30.7 Å². The first kappa shape index (κ1) is 30.3. The Morgan fingerprint density at radius 1 is 0.585 bits per heavy atom. The summed E-state index contributed by atoms with van der Waals surface area (Å²) >= 11 is 1.91. The third kappa shape index (κ3) is 4.66. The van der Waals surface area contributed by atoms with Gasteiger partial charge in [0, 0.05) is 41.9 Å². The summed E-state index contributed by atoms with van der Waals surface area (Å²) in [6.45, 7) is 2.41. The van der Waals surface area contributed by atoms with Gasteiger partial charge in [-0.3, -0.25) is 4.57 Å². The zero-order valence-corrected chi connectivity index (χ0v) is 29.9. The van der Waals surface area contributed by atoms with Gasteiger partial charge in [0.2, 0.25) is 5.95 Å². The summed E-state index contributed by atoms with van der Waals surface area (Å²) in [6, 6.07) is 56.6. The first-order valence-electron chi connectivity index (χ1n) is 18.2. The van der Waals surface area contributed by atoms with Crippen molar-refractivity contribution in [1.82, 2.24) is 14.5 Å². The van der Waals surface area contributed by atoms with E-state index in [9.17, 15) is 0 Å². The van der Waals surface area contributed by atoms with Crippen LogP contribution in [0.5, 0.6) is 0 Å². The molecule has 0 aliphatic heterocycles. The van der Waals surface area contributed by atoms with Crippen molar-refractivity contribution in [2.45, 2.75) is 18.8 Å². The average molecular weight is 696 g/mol. The molecule has 4 heteroatoms. The minimum absolute atomic E-state index is 0.209. The summed E-state index contributed by atoms with van der Waals surface area (Å²) < 4.78 is 5.01. The smallest absolute Gasteiger partial charge is 0.235 e. The molecule has 0 fully saturated rings. The Hall–Kier alpha value is -6.36. The molecule has 0 amide bonds. The van der Waals surface area contributed by atoms with Crippen LogP contribution in [0.2, 0.25) is 0 Å². The summed E-state index contributed by atoms with van der Waals surface area (Å²) in [5.41, 5.74) is 10.1. The number of nitrogens with zero attached hydrogens (tertiary/aromatic N) is 3. The maximum Gasteiger partial charge on any atom is 0.235 e.